The minimum Gasteiger partial charge on any atom is -0.459 e. The Kier molecular flexibility index (Phi) is 5.73. The van der Waals surface area contributed by atoms with E-state index in [9.17, 15) is 9.59 Å². The van der Waals surface area contributed by atoms with Crippen molar-refractivity contribution in [1.29, 1.82) is 0 Å². The van der Waals surface area contributed by atoms with E-state index in [0.29, 0.717) is 38.9 Å². The van der Waals surface area contributed by atoms with Gasteiger partial charge in [-0.2, -0.15) is 0 Å². The third kappa shape index (κ3) is 4.13. The fraction of sp³-hybridized carbons (Fsp3) is 0.167. The molecular weight excluding hydrogens is 470 g/mol. The maximum Gasteiger partial charge on any atom is 0.363 e. The van der Waals surface area contributed by atoms with Crippen molar-refractivity contribution in [1.82, 2.24) is 0 Å². The molecule has 0 radical (unpaired) electrons. The summed E-state index contributed by atoms with van der Waals surface area (Å²) in [5, 5.41) is 0. The lowest BCUT2D eigenvalue weighted by molar-refractivity contribution is -0.134. The molecule has 134 valence electrons. The van der Waals surface area contributed by atoms with Gasteiger partial charge in [-0.25, -0.2) is 9.79 Å². The van der Waals surface area contributed by atoms with Gasteiger partial charge < -0.3 is 13.9 Å². The summed E-state index contributed by atoms with van der Waals surface area (Å²) in [6.07, 6.45) is 4.09. The molecular formula is C18H13Br2NO5. The fourth-order valence-electron chi connectivity index (χ4n) is 2.20. The van der Waals surface area contributed by atoms with E-state index in [4.69, 9.17) is 13.9 Å². The fourth-order valence-corrected chi connectivity index (χ4v) is 3.59. The predicted octanol–water partition coefficient (Wildman–Crippen LogP) is 4.85. The van der Waals surface area contributed by atoms with Gasteiger partial charge in [-0.1, -0.05) is 6.92 Å². The number of benzene rings is 1. The Bertz CT molecular complexity index is 893. The standard InChI is InChI=1S/C18H13Br2NO5/c1-2-4-15(22)25-16-11(19)7-10(8-12(16)20)9-13-18(23)26-17(21-13)14-5-3-6-24-14/h3,5-9H,2,4H2,1H3/b13-9-. The summed E-state index contributed by atoms with van der Waals surface area (Å²) in [6, 6.07) is 6.78. The van der Waals surface area contributed by atoms with Crippen molar-refractivity contribution in [2.75, 3.05) is 0 Å². The number of carbonyl (C=O) groups is 2. The Labute approximate surface area is 166 Å². The Morgan fingerprint density at radius 2 is 2.04 bits per heavy atom. The van der Waals surface area contributed by atoms with Crippen molar-refractivity contribution in [3.63, 3.8) is 0 Å². The summed E-state index contributed by atoms with van der Waals surface area (Å²) >= 11 is 6.76. The van der Waals surface area contributed by atoms with Crippen LogP contribution in [0.5, 0.6) is 5.75 Å². The highest BCUT2D eigenvalue weighted by Gasteiger charge is 2.26. The minimum absolute atomic E-state index is 0.120. The molecule has 0 aliphatic carbocycles. The van der Waals surface area contributed by atoms with Crippen LogP contribution in [0.25, 0.3) is 6.08 Å². The first kappa shape index (κ1) is 18.6. The molecule has 1 aliphatic rings. The van der Waals surface area contributed by atoms with E-state index < -0.39 is 5.97 Å². The molecule has 1 aromatic heterocycles. The third-order valence-corrected chi connectivity index (χ3v) is 4.52. The smallest absolute Gasteiger partial charge is 0.363 e. The topological polar surface area (TPSA) is 78.1 Å². The van der Waals surface area contributed by atoms with Crippen LogP contribution in [-0.2, 0) is 14.3 Å². The molecule has 0 bridgehead atoms. The van der Waals surface area contributed by atoms with Crippen LogP contribution in [0.1, 0.15) is 31.1 Å². The molecule has 26 heavy (non-hydrogen) atoms. The number of ether oxygens (including phenoxy) is 2. The number of cyclic esters (lactones) is 1. The molecule has 0 atom stereocenters. The molecule has 2 aromatic rings. The van der Waals surface area contributed by atoms with Gasteiger partial charge in [0.2, 0.25) is 0 Å². The Morgan fingerprint density at radius 1 is 1.31 bits per heavy atom. The predicted molar refractivity (Wildman–Crippen MR) is 102 cm³/mol. The number of carbonyl (C=O) groups excluding carboxylic acids is 2. The van der Waals surface area contributed by atoms with Crippen molar-refractivity contribution >= 4 is 55.8 Å². The van der Waals surface area contributed by atoms with Gasteiger partial charge in [-0.05, 0) is 74.2 Å². The summed E-state index contributed by atoms with van der Waals surface area (Å²) < 4.78 is 16.8. The van der Waals surface area contributed by atoms with E-state index in [1.165, 1.54) is 6.26 Å². The molecule has 0 amide bonds. The van der Waals surface area contributed by atoms with Crippen molar-refractivity contribution in [3.8, 4) is 5.75 Å². The van der Waals surface area contributed by atoms with Crippen molar-refractivity contribution < 1.29 is 23.5 Å². The van der Waals surface area contributed by atoms with Gasteiger partial charge in [-0.3, -0.25) is 4.79 Å². The van der Waals surface area contributed by atoms with E-state index in [1.54, 1.807) is 30.3 Å². The first-order valence-corrected chi connectivity index (χ1v) is 9.32. The highest BCUT2D eigenvalue weighted by atomic mass is 79.9. The lowest BCUT2D eigenvalue weighted by Gasteiger charge is -2.09. The second kappa shape index (κ2) is 8.01. The Morgan fingerprint density at radius 3 is 2.65 bits per heavy atom. The monoisotopic (exact) mass is 481 g/mol. The molecule has 1 aromatic carbocycles. The molecule has 0 fully saturated rings. The largest absolute Gasteiger partial charge is 0.459 e. The first-order chi connectivity index (χ1) is 12.5. The quantitative estimate of drug-likeness (QED) is 0.345. The SMILES string of the molecule is CCCC(=O)Oc1c(Br)cc(/C=C2\N=C(c3ccco3)OC2=O)cc1Br. The summed E-state index contributed by atoms with van der Waals surface area (Å²) in [6.45, 7) is 1.90. The van der Waals surface area contributed by atoms with Crippen LogP contribution >= 0.6 is 31.9 Å². The molecule has 0 saturated heterocycles. The minimum atomic E-state index is -0.568. The van der Waals surface area contributed by atoms with Crippen LogP contribution in [0.3, 0.4) is 0 Å². The molecule has 0 spiro atoms. The molecule has 0 saturated carbocycles. The summed E-state index contributed by atoms with van der Waals surface area (Å²) in [5.74, 6) is 0.00493. The number of rotatable bonds is 5. The van der Waals surface area contributed by atoms with Crippen molar-refractivity contribution in [3.05, 3.63) is 56.5 Å². The maximum absolute atomic E-state index is 12.0. The van der Waals surface area contributed by atoms with Crippen LogP contribution < -0.4 is 4.74 Å². The van der Waals surface area contributed by atoms with Gasteiger partial charge >= 0.3 is 11.9 Å². The zero-order valence-corrected chi connectivity index (χ0v) is 16.8. The van der Waals surface area contributed by atoms with E-state index in [1.807, 2.05) is 6.92 Å². The van der Waals surface area contributed by atoms with Gasteiger partial charge in [0, 0.05) is 6.42 Å². The van der Waals surface area contributed by atoms with Crippen LogP contribution in [0, 0.1) is 0 Å². The number of furan rings is 1. The van der Waals surface area contributed by atoms with Gasteiger partial charge in [0.05, 0.1) is 15.2 Å². The second-order valence-electron chi connectivity index (χ2n) is 5.35. The molecule has 8 heteroatoms. The van der Waals surface area contributed by atoms with Gasteiger partial charge in [0.25, 0.3) is 5.90 Å². The van der Waals surface area contributed by atoms with Gasteiger partial charge in [-0.15, -0.1) is 0 Å². The lowest BCUT2D eigenvalue weighted by Crippen LogP contribution is -2.08. The normalized spacial score (nSPS) is 15.1. The molecule has 6 nitrogen and oxygen atoms in total. The van der Waals surface area contributed by atoms with Gasteiger partial charge in [0.15, 0.2) is 17.2 Å². The van der Waals surface area contributed by atoms with Gasteiger partial charge in [0.1, 0.15) is 0 Å². The lowest BCUT2D eigenvalue weighted by atomic mass is 10.2. The Hall–Kier alpha value is -2.19. The second-order valence-corrected chi connectivity index (χ2v) is 7.06. The third-order valence-electron chi connectivity index (χ3n) is 3.35. The average Bonchev–Trinajstić information content (AvgIpc) is 3.22. The van der Waals surface area contributed by atoms with Crippen LogP contribution in [0.4, 0.5) is 0 Å². The van der Waals surface area contributed by atoms with Crippen LogP contribution in [0.15, 0.2) is 54.6 Å². The summed E-state index contributed by atoms with van der Waals surface area (Å²) in [4.78, 5) is 27.9. The van der Waals surface area contributed by atoms with E-state index in [0.717, 1.165) is 0 Å². The molecule has 1 aliphatic heterocycles. The number of hydrogen-bond acceptors (Lipinski definition) is 6. The molecule has 0 unspecified atom stereocenters. The maximum atomic E-state index is 12.0. The highest BCUT2D eigenvalue weighted by molar-refractivity contribution is 9.11. The van der Waals surface area contributed by atoms with Crippen LogP contribution in [-0.4, -0.2) is 17.8 Å². The number of hydrogen-bond donors (Lipinski definition) is 0. The van der Waals surface area contributed by atoms with E-state index in [2.05, 4.69) is 36.9 Å². The van der Waals surface area contributed by atoms with Crippen molar-refractivity contribution in [2.45, 2.75) is 19.8 Å². The van der Waals surface area contributed by atoms with Crippen molar-refractivity contribution in [2.24, 2.45) is 4.99 Å². The molecule has 0 N–H and O–H groups in total. The number of esters is 2. The number of nitrogens with zero attached hydrogens (tertiary/aromatic N) is 1. The zero-order chi connectivity index (χ0) is 18.7. The van der Waals surface area contributed by atoms with E-state index in [-0.39, 0.29) is 17.6 Å². The van der Waals surface area contributed by atoms with E-state index >= 15 is 0 Å². The number of aliphatic imine (C=N–C) groups is 1. The molecule has 2 heterocycles. The summed E-state index contributed by atoms with van der Waals surface area (Å²) in [5.41, 5.74) is 0.821. The first-order valence-electron chi connectivity index (χ1n) is 7.74. The highest BCUT2D eigenvalue weighted by Crippen LogP contribution is 2.36. The summed E-state index contributed by atoms with van der Waals surface area (Å²) in [7, 11) is 0. The zero-order valence-electron chi connectivity index (χ0n) is 13.6. The average molecular weight is 483 g/mol. The van der Waals surface area contributed by atoms with Crippen LogP contribution in [0.2, 0.25) is 0 Å². The molecule has 3 rings (SSSR count). The number of halogens is 2. The Balaban J connectivity index is 1.87.